The Morgan fingerprint density at radius 1 is 1.11 bits per heavy atom. The van der Waals surface area contributed by atoms with Gasteiger partial charge in [-0.05, 0) is 38.3 Å². The Morgan fingerprint density at radius 3 is 2.50 bits per heavy atom. The van der Waals surface area contributed by atoms with Crippen LogP contribution in [-0.2, 0) is 7.05 Å². The summed E-state index contributed by atoms with van der Waals surface area (Å²) in [5, 5.41) is 1.11. The minimum absolute atomic E-state index is 0.0203. The van der Waals surface area contributed by atoms with Gasteiger partial charge in [0.1, 0.15) is 0 Å². The van der Waals surface area contributed by atoms with Crippen molar-refractivity contribution < 1.29 is 0 Å². The molecular formula is C22H23N3O2S. The van der Waals surface area contributed by atoms with Crippen LogP contribution in [0.25, 0.3) is 21.9 Å². The van der Waals surface area contributed by atoms with Gasteiger partial charge in [-0.25, -0.2) is 9.38 Å². The second-order valence-corrected chi connectivity index (χ2v) is 8.64. The molecule has 3 aromatic heterocycles. The van der Waals surface area contributed by atoms with Crippen LogP contribution >= 0.6 is 11.3 Å². The van der Waals surface area contributed by atoms with Gasteiger partial charge in [0.05, 0.1) is 10.0 Å². The highest BCUT2D eigenvalue weighted by Crippen LogP contribution is 2.28. The minimum Gasteiger partial charge on any atom is -0.347 e. The van der Waals surface area contributed by atoms with E-state index >= 15 is 0 Å². The molecule has 0 aliphatic rings. The molecule has 1 aromatic carbocycles. The molecule has 5 nitrogen and oxygen atoms in total. The fraction of sp³-hybridized carbons (Fsp3) is 0.318. The van der Waals surface area contributed by atoms with E-state index in [-0.39, 0.29) is 17.0 Å². The highest BCUT2D eigenvalue weighted by atomic mass is 32.1. The van der Waals surface area contributed by atoms with Crippen LogP contribution in [0.1, 0.15) is 47.8 Å². The van der Waals surface area contributed by atoms with Crippen LogP contribution in [-0.4, -0.2) is 14.0 Å². The molecule has 0 amide bonds. The van der Waals surface area contributed by atoms with Crippen molar-refractivity contribution in [2.24, 2.45) is 7.05 Å². The fourth-order valence-electron chi connectivity index (χ4n) is 4.05. The number of benzene rings is 1. The zero-order valence-corrected chi connectivity index (χ0v) is 17.8. The lowest BCUT2D eigenvalue weighted by atomic mass is 10.0. The molecular weight excluding hydrogens is 370 g/mol. The molecule has 0 saturated heterocycles. The number of hydrogen-bond donors (Lipinski definition) is 0. The largest absolute Gasteiger partial charge is 0.347 e. The summed E-state index contributed by atoms with van der Waals surface area (Å²) >= 11 is 1.27. The summed E-state index contributed by atoms with van der Waals surface area (Å²) in [7, 11) is 2.04. The molecule has 0 aliphatic carbocycles. The smallest absolute Gasteiger partial charge is 0.277 e. The third-order valence-electron chi connectivity index (χ3n) is 5.50. The van der Waals surface area contributed by atoms with Crippen LogP contribution in [0.5, 0.6) is 0 Å². The molecule has 0 aliphatic heterocycles. The van der Waals surface area contributed by atoms with Gasteiger partial charge in [-0.15, -0.1) is 0 Å². The minimum atomic E-state index is -0.288. The van der Waals surface area contributed by atoms with Gasteiger partial charge in [-0.1, -0.05) is 43.4 Å². The van der Waals surface area contributed by atoms with E-state index in [9.17, 15) is 9.59 Å². The van der Waals surface area contributed by atoms with E-state index in [1.54, 1.807) is 0 Å². The summed E-state index contributed by atoms with van der Waals surface area (Å²) in [5.41, 5.74) is 5.22. The molecule has 0 fully saturated rings. The van der Waals surface area contributed by atoms with Crippen molar-refractivity contribution in [2.45, 2.75) is 40.5 Å². The Hall–Kier alpha value is -2.73. The number of aromatic nitrogens is 3. The average molecular weight is 394 g/mol. The summed E-state index contributed by atoms with van der Waals surface area (Å²) in [6.45, 7) is 9.87. The lowest BCUT2D eigenvalue weighted by molar-refractivity contribution is 0.804. The fourth-order valence-corrected chi connectivity index (χ4v) is 5.04. The van der Waals surface area contributed by atoms with Gasteiger partial charge in [0.25, 0.3) is 11.1 Å². The summed E-state index contributed by atoms with van der Waals surface area (Å²) in [4.78, 5) is 31.0. The Morgan fingerprint density at radius 2 is 1.82 bits per heavy atom. The number of fused-ring (bicyclic) bond motifs is 2. The van der Waals surface area contributed by atoms with Crippen molar-refractivity contribution in [3.63, 3.8) is 0 Å². The number of rotatable bonds is 2. The predicted molar refractivity (Wildman–Crippen MR) is 116 cm³/mol. The predicted octanol–water partition coefficient (Wildman–Crippen LogP) is 3.20. The van der Waals surface area contributed by atoms with Crippen molar-refractivity contribution in [1.82, 2.24) is 14.0 Å². The molecule has 4 rings (SSSR count). The van der Waals surface area contributed by atoms with E-state index in [2.05, 4.69) is 35.5 Å². The van der Waals surface area contributed by atoms with Gasteiger partial charge < -0.3 is 4.57 Å². The van der Waals surface area contributed by atoms with Gasteiger partial charge in [-0.3, -0.25) is 9.59 Å². The van der Waals surface area contributed by atoms with Crippen molar-refractivity contribution in [1.29, 1.82) is 0 Å². The maximum Gasteiger partial charge on any atom is 0.277 e. The molecule has 3 heterocycles. The summed E-state index contributed by atoms with van der Waals surface area (Å²) in [5.74, 6) is 0.0203. The highest BCUT2D eigenvalue weighted by Gasteiger charge is 2.17. The van der Waals surface area contributed by atoms with Gasteiger partial charge in [0.15, 0.2) is 0 Å². The molecule has 0 bridgehead atoms. The first-order valence-electron chi connectivity index (χ1n) is 9.34. The third-order valence-corrected chi connectivity index (χ3v) is 6.47. The van der Waals surface area contributed by atoms with Gasteiger partial charge in [0, 0.05) is 34.9 Å². The Kier molecular flexibility index (Phi) is 4.27. The molecule has 0 saturated carbocycles. The number of nitrogens with zero attached hydrogens (tertiary/aromatic N) is 3. The van der Waals surface area contributed by atoms with E-state index in [4.69, 9.17) is 0 Å². The van der Waals surface area contributed by atoms with Gasteiger partial charge in [-0.2, -0.15) is 0 Å². The van der Waals surface area contributed by atoms with E-state index in [0.29, 0.717) is 20.8 Å². The molecule has 0 unspecified atom stereocenters. The van der Waals surface area contributed by atoms with Crippen molar-refractivity contribution in [3.05, 3.63) is 71.5 Å². The molecule has 0 N–H and O–H groups in total. The van der Waals surface area contributed by atoms with E-state index in [0.717, 1.165) is 22.2 Å². The lowest BCUT2D eigenvalue weighted by Crippen LogP contribution is -2.33. The SMILES string of the molecule is Cc1nc2s/c(=C\c3c(C)n(C)c4c(C)cccc34)c(=O)n2c(=O)c1C(C)C. The van der Waals surface area contributed by atoms with Crippen molar-refractivity contribution in [3.8, 4) is 0 Å². The topological polar surface area (TPSA) is 56.4 Å². The lowest BCUT2D eigenvalue weighted by Gasteiger charge is -2.07. The van der Waals surface area contributed by atoms with Crippen molar-refractivity contribution in [2.75, 3.05) is 0 Å². The Bertz CT molecular complexity index is 1420. The van der Waals surface area contributed by atoms with Crippen LogP contribution in [0, 0.1) is 20.8 Å². The average Bonchev–Trinajstić information content (AvgIpc) is 3.05. The molecule has 0 spiro atoms. The summed E-state index contributed by atoms with van der Waals surface area (Å²) < 4.78 is 3.91. The Labute approximate surface area is 166 Å². The quantitative estimate of drug-likeness (QED) is 0.525. The second-order valence-electron chi connectivity index (χ2n) is 7.63. The van der Waals surface area contributed by atoms with Crippen LogP contribution in [0.15, 0.2) is 27.8 Å². The van der Waals surface area contributed by atoms with E-state index < -0.39 is 0 Å². The highest BCUT2D eigenvalue weighted by molar-refractivity contribution is 7.15. The van der Waals surface area contributed by atoms with Crippen LogP contribution in [0.2, 0.25) is 0 Å². The number of thiazole rings is 1. The Balaban J connectivity index is 2.10. The molecule has 144 valence electrons. The number of hydrogen-bond acceptors (Lipinski definition) is 4. The molecule has 6 heteroatoms. The van der Waals surface area contributed by atoms with E-state index in [1.807, 2.05) is 40.0 Å². The standard InChI is InChI=1S/C22H23N3O2S/c1-11(2)18-13(4)23-22-25(21(18)27)20(26)17(28-22)10-16-14(5)24(6)19-12(3)8-7-9-15(16)19/h7-11H,1-6H3/b17-10-. The second kappa shape index (κ2) is 6.41. The molecule has 0 atom stereocenters. The normalized spacial score (nSPS) is 12.8. The van der Waals surface area contributed by atoms with Crippen LogP contribution < -0.4 is 15.7 Å². The summed E-state index contributed by atoms with van der Waals surface area (Å²) in [6, 6.07) is 6.19. The molecule has 4 aromatic rings. The van der Waals surface area contributed by atoms with Gasteiger partial charge >= 0.3 is 0 Å². The molecule has 0 radical (unpaired) electrons. The van der Waals surface area contributed by atoms with Crippen molar-refractivity contribution >= 4 is 33.3 Å². The maximum atomic E-state index is 13.1. The first-order valence-corrected chi connectivity index (χ1v) is 10.2. The van der Waals surface area contributed by atoms with E-state index in [1.165, 1.54) is 21.3 Å². The van der Waals surface area contributed by atoms with Gasteiger partial charge in [0.2, 0.25) is 4.96 Å². The molecule has 28 heavy (non-hydrogen) atoms. The third kappa shape index (κ3) is 2.55. The zero-order chi connectivity index (χ0) is 20.3. The first-order chi connectivity index (χ1) is 13.2. The number of para-hydroxylation sites is 1. The van der Waals surface area contributed by atoms with Crippen LogP contribution in [0.4, 0.5) is 0 Å². The monoisotopic (exact) mass is 393 g/mol. The maximum absolute atomic E-state index is 13.1. The van der Waals surface area contributed by atoms with Crippen LogP contribution in [0.3, 0.4) is 0 Å². The first kappa shape index (κ1) is 18.6. The summed E-state index contributed by atoms with van der Waals surface area (Å²) in [6.07, 6.45) is 1.91. The zero-order valence-electron chi connectivity index (χ0n) is 17.0. The number of aryl methyl sites for hydroxylation is 3.